The Morgan fingerprint density at radius 3 is 1.30 bits per heavy atom. The molecule has 0 saturated heterocycles. The lowest BCUT2D eigenvalue weighted by molar-refractivity contribution is 0.513. The van der Waals surface area contributed by atoms with Crippen molar-refractivity contribution in [1.29, 1.82) is 0 Å². The standard InChI is InChI=1S/C37H31O2P/c1-25(27-13-5-3-6-14-27)37(26(2)28-15-7-4-8-16-28)40-38-33-23-21-29-17-9-11-19-31(29)35(33)36-32-20-12-10-18-30(32)22-24-34(36)39-40/h3-26,37H,1-2H3/t25-,26-/m0/s1. The molecular weight excluding hydrogens is 507 g/mol. The van der Waals surface area contributed by atoms with Crippen molar-refractivity contribution >= 4 is 51.5 Å². The Balaban J connectivity index is 1.60. The summed E-state index contributed by atoms with van der Waals surface area (Å²) in [7, 11) is -1.37. The van der Waals surface area contributed by atoms with E-state index in [0.29, 0.717) is 0 Å². The zero-order chi connectivity index (χ0) is 27.1. The molecule has 0 bridgehead atoms. The van der Waals surface area contributed by atoms with Crippen molar-refractivity contribution in [1.82, 2.24) is 0 Å². The van der Waals surface area contributed by atoms with Crippen molar-refractivity contribution < 1.29 is 8.39 Å². The van der Waals surface area contributed by atoms with E-state index in [1.165, 1.54) is 32.7 Å². The third-order valence-corrected chi connectivity index (χ3v) is 10.5. The predicted molar refractivity (Wildman–Crippen MR) is 170 cm³/mol. The van der Waals surface area contributed by atoms with Gasteiger partial charge < -0.3 is 8.39 Å². The zero-order valence-electron chi connectivity index (χ0n) is 22.7. The molecule has 0 aliphatic heterocycles. The van der Waals surface area contributed by atoms with Gasteiger partial charge in [0.25, 0.3) is 0 Å². The fourth-order valence-corrected chi connectivity index (χ4v) is 8.26. The number of fused-ring (bicyclic) bond motifs is 7. The second-order valence-electron chi connectivity index (χ2n) is 10.7. The van der Waals surface area contributed by atoms with Crippen molar-refractivity contribution in [2.75, 3.05) is 0 Å². The van der Waals surface area contributed by atoms with Gasteiger partial charge in [-0.15, -0.1) is 0 Å². The maximum absolute atomic E-state index is 7.09. The highest BCUT2D eigenvalue weighted by atomic mass is 31.1. The minimum atomic E-state index is -1.37. The fourth-order valence-electron chi connectivity index (χ4n) is 6.21. The quantitative estimate of drug-likeness (QED) is 0.218. The molecule has 7 aromatic rings. The number of rotatable bonds is 5. The fraction of sp³-hybridized carbons (Fsp3) is 0.135. The van der Waals surface area contributed by atoms with Gasteiger partial charge in [-0.3, -0.25) is 0 Å². The largest absolute Gasteiger partial charge is 0.419 e. The van der Waals surface area contributed by atoms with Gasteiger partial charge in [-0.25, -0.2) is 0 Å². The second kappa shape index (κ2) is 10.4. The average molecular weight is 539 g/mol. The molecule has 3 heteroatoms. The van der Waals surface area contributed by atoms with Crippen LogP contribution in [0.1, 0.15) is 42.5 Å². The lowest BCUT2D eigenvalue weighted by Crippen LogP contribution is -2.10. The Hall–Kier alpha value is -4.26. The van der Waals surface area contributed by atoms with E-state index in [9.17, 15) is 0 Å². The van der Waals surface area contributed by atoms with Crippen molar-refractivity contribution in [3.05, 3.63) is 145 Å². The van der Waals surface area contributed by atoms with E-state index in [-0.39, 0.29) is 17.5 Å². The summed E-state index contributed by atoms with van der Waals surface area (Å²) in [4.78, 5) is 0. The van der Waals surface area contributed by atoms with Crippen molar-refractivity contribution in [3.8, 4) is 0 Å². The minimum Gasteiger partial charge on any atom is -0.419 e. The van der Waals surface area contributed by atoms with E-state index < -0.39 is 8.01 Å². The van der Waals surface area contributed by atoms with E-state index >= 15 is 0 Å². The molecule has 0 amide bonds. The number of hydrogen-bond acceptors (Lipinski definition) is 2. The van der Waals surface area contributed by atoms with Crippen LogP contribution in [0, 0.1) is 0 Å². The van der Waals surface area contributed by atoms with E-state index in [0.717, 1.165) is 21.9 Å². The Morgan fingerprint density at radius 2 is 0.850 bits per heavy atom. The van der Waals surface area contributed by atoms with Crippen LogP contribution in [0.4, 0.5) is 0 Å². The predicted octanol–water partition coefficient (Wildman–Crippen LogP) is 11.7. The molecule has 0 saturated carbocycles. The van der Waals surface area contributed by atoms with Crippen LogP contribution >= 0.6 is 8.01 Å². The van der Waals surface area contributed by atoms with Gasteiger partial charge in [-0.2, -0.15) is 0 Å². The molecule has 0 unspecified atom stereocenters. The maximum atomic E-state index is 7.09. The van der Waals surface area contributed by atoms with Crippen LogP contribution in [-0.4, -0.2) is 0 Å². The first-order chi connectivity index (χ1) is 19.7. The smallest absolute Gasteiger partial charge is 0.221 e. The molecule has 7 rings (SSSR count). The van der Waals surface area contributed by atoms with Gasteiger partial charge in [0.2, 0.25) is 8.01 Å². The molecule has 2 nitrogen and oxygen atoms in total. The van der Waals surface area contributed by atoms with Gasteiger partial charge in [0, 0.05) is 10.8 Å². The lowest BCUT2D eigenvalue weighted by atomic mass is 9.86. The molecule has 0 fully saturated rings. The lowest BCUT2D eigenvalue weighted by Gasteiger charge is -2.28. The van der Waals surface area contributed by atoms with Crippen LogP contribution in [0.3, 0.4) is 0 Å². The van der Waals surface area contributed by atoms with E-state index in [1.807, 2.05) is 0 Å². The molecule has 1 aromatic heterocycles. The summed E-state index contributed by atoms with van der Waals surface area (Å²) in [6, 6.07) is 47.4. The van der Waals surface area contributed by atoms with E-state index in [4.69, 9.17) is 8.39 Å². The van der Waals surface area contributed by atoms with Crippen LogP contribution in [0.25, 0.3) is 43.5 Å². The van der Waals surface area contributed by atoms with Gasteiger partial charge in [-0.05, 0) is 56.6 Å². The Bertz CT molecular complexity index is 1850. The summed E-state index contributed by atoms with van der Waals surface area (Å²) in [6.45, 7) is 4.64. The van der Waals surface area contributed by atoms with Gasteiger partial charge in [-0.1, -0.05) is 135 Å². The van der Waals surface area contributed by atoms with Gasteiger partial charge in [0.15, 0.2) is 0 Å². The second-order valence-corrected chi connectivity index (χ2v) is 12.2. The molecule has 0 N–H and O–H groups in total. The Kier molecular flexibility index (Phi) is 6.42. The third-order valence-electron chi connectivity index (χ3n) is 8.33. The molecule has 0 spiro atoms. The average Bonchev–Trinajstić information content (AvgIpc) is 3.19. The van der Waals surface area contributed by atoms with Gasteiger partial charge in [0.1, 0.15) is 11.2 Å². The summed E-state index contributed by atoms with van der Waals surface area (Å²) in [5.74, 6) is 0.432. The molecular formula is C37H31O2P. The first-order valence-electron chi connectivity index (χ1n) is 14.0. The van der Waals surface area contributed by atoms with E-state index in [1.54, 1.807) is 0 Å². The van der Waals surface area contributed by atoms with Crippen LogP contribution in [0.2, 0.25) is 0 Å². The number of hydrogen-bond donors (Lipinski definition) is 0. The maximum Gasteiger partial charge on any atom is 0.221 e. The highest BCUT2D eigenvalue weighted by molar-refractivity contribution is 7.37. The highest BCUT2D eigenvalue weighted by Crippen LogP contribution is 2.56. The van der Waals surface area contributed by atoms with Crippen molar-refractivity contribution in [2.24, 2.45) is 0 Å². The molecule has 2 atom stereocenters. The van der Waals surface area contributed by atoms with Crippen LogP contribution < -0.4 is 0 Å². The van der Waals surface area contributed by atoms with Crippen molar-refractivity contribution in [2.45, 2.75) is 31.3 Å². The molecule has 1 heterocycles. The SMILES string of the molecule is C[C@@H](c1ccccc1)C([C@@H](C)c1ccccc1)p1oc2ccc3ccccc3c2c2c(ccc3ccccc32)o1. The molecule has 196 valence electrons. The number of benzene rings is 6. The normalized spacial score (nSPS) is 13.3. The highest BCUT2D eigenvalue weighted by Gasteiger charge is 2.32. The van der Waals surface area contributed by atoms with E-state index in [2.05, 4.69) is 147 Å². The molecule has 0 radical (unpaired) electrons. The first-order valence-corrected chi connectivity index (χ1v) is 15.2. The molecule has 6 aromatic carbocycles. The summed E-state index contributed by atoms with van der Waals surface area (Å²) in [5.41, 5.74) is 4.49. The molecule has 40 heavy (non-hydrogen) atoms. The summed E-state index contributed by atoms with van der Waals surface area (Å²) < 4.78 is 14.2. The molecule has 0 aliphatic carbocycles. The summed E-state index contributed by atoms with van der Waals surface area (Å²) in [6.07, 6.45) is 0. The Morgan fingerprint density at radius 1 is 0.450 bits per heavy atom. The first kappa shape index (κ1) is 24.8. The third kappa shape index (κ3) is 4.30. The molecule has 0 aliphatic rings. The van der Waals surface area contributed by atoms with Crippen LogP contribution in [0.15, 0.2) is 142 Å². The van der Waals surface area contributed by atoms with Crippen LogP contribution in [-0.2, 0) is 0 Å². The Labute approximate surface area is 235 Å². The monoisotopic (exact) mass is 538 g/mol. The van der Waals surface area contributed by atoms with Crippen LogP contribution in [0.5, 0.6) is 0 Å². The minimum absolute atomic E-state index is 0.108. The topological polar surface area (TPSA) is 26.3 Å². The van der Waals surface area contributed by atoms with Gasteiger partial charge in [0.05, 0.1) is 5.66 Å². The van der Waals surface area contributed by atoms with Gasteiger partial charge >= 0.3 is 0 Å². The summed E-state index contributed by atoms with van der Waals surface area (Å²) in [5, 5.41) is 6.99. The van der Waals surface area contributed by atoms with Crippen molar-refractivity contribution in [3.63, 3.8) is 0 Å². The zero-order valence-corrected chi connectivity index (χ0v) is 23.6. The summed E-state index contributed by atoms with van der Waals surface area (Å²) >= 11 is 0.